The van der Waals surface area contributed by atoms with E-state index in [9.17, 15) is 5.11 Å². The van der Waals surface area contributed by atoms with Gasteiger partial charge in [0.2, 0.25) is 0 Å². The van der Waals surface area contributed by atoms with Crippen LogP contribution in [0, 0.1) is 13.8 Å². The largest absolute Gasteiger partial charge is 0.383 e. The number of halogens is 2. The zero-order valence-electron chi connectivity index (χ0n) is 9.50. The van der Waals surface area contributed by atoms with Crippen molar-refractivity contribution in [2.75, 3.05) is 0 Å². The molecule has 0 amide bonds. The summed E-state index contributed by atoms with van der Waals surface area (Å²) >= 11 is 8.46. The lowest BCUT2D eigenvalue weighted by Crippen LogP contribution is -2.02. The molecule has 2 rings (SSSR count). The highest BCUT2D eigenvalue weighted by Crippen LogP contribution is 2.38. The minimum absolute atomic E-state index is 0.552. The fourth-order valence-electron chi connectivity index (χ4n) is 1.90. The average Bonchev–Trinajstić information content (AvgIpc) is 2.59. The molecule has 4 heteroatoms. The lowest BCUT2D eigenvalue weighted by atomic mass is 9.97. The van der Waals surface area contributed by atoms with Crippen LogP contribution in [0.25, 0.3) is 0 Å². The standard InChI is InChI=1S/C13H12Br2OS/c1-7-4-3-5-8(2)11(7)12(16)10-6-9(14)13(15)17-10/h3-6,12,16H,1-2H3. The van der Waals surface area contributed by atoms with Crippen LogP contribution in [0.3, 0.4) is 0 Å². The van der Waals surface area contributed by atoms with Crippen molar-refractivity contribution in [2.45, 2.75) is 20.0 Å². The number of aliphatic hydroxyl groups is 1. The smallest absolute Gasteiger partial charge is 0.114 e. The first-order chi connectivity index (χ1) is 8.00. The van der Waals surface area contributed by atoms with E-state index in [1.54, 1.807) is 11.3 Å². The first-order valence-electron chi connectivity index (χ1n) is 5.19. The second kappa shape index (κ2) is 5.22. The topological polar surface area (TPSA) is 20.2 Å². The van der Waals surface area contributed by atoms with Gasteiger partial charge in [0.05, 0.1) is 3.79 Å². The number of thiophene rings is 1. The van der Waals surface area contributed by atoms with E-state index in [4.69, 9.17) is 0 Å². The number of aliphatic hydroxyl groups excluding tert-OH is 1. The Bertz CT molecular complexity index is 509. The minimum atomic E-state index is -0.552. The molecule has 1 aromatic heterocycles. The van der Waals surface area contributed by atoms with Crippen molar-refractivity contribution in [1.29, 1.82) is 0 Å². The lowest BCUT2D eigenvalue weighted by molar-refractivity contribution is 0.222. The fourth-order valence-corrected chi connectivity index (χ4v) is 3.98. The normalized spacial score (nSPS) is 12.8. The summed E-state index contributed by atoms with van der Waals surface area (Å²) in [5.41, 5.74) is 3.25. The van der Waals surface area contributed by atoms with Gasteiger partial charge in [-0.05, 0) is 68.5 Å². The Kier molecular flexibility index (Phi) is 4.08. The number of hydrogen-bond acceptors (Lipinski definition) is 2. The molecule has 0 spiro atoms. The van der Waals surface area contributed by atoms with Crippen LogP contribution < -0.4 is 0 Å². The second-order valence-electron chi connectivity index (χ2n) is 3.98. The van der Waals surface area contributed by atoms with Gasteiger partial charge in [-0.3, -0.25) is 0 Å². The molecule has 0 aliphatic heterocycles. The van der Waals surface area contributed by atoms with Crippen molar-refractivity contribution in [3.05, 3.63) is 54.1 Å². The fraction of sp³-hybridized carbons (Fsp3) is 0.231. The summed E-state index contributed by atoms with van der Waals surface area (Å²) in [6, 6.07) is 8.04. The maximum Gasteiger partial charge on any atom is 0.114 e. The van der Waals surface area contributed by atoms with E-state index in [0.717, 1.165) is 29.8 Å². The summed E-state index contributed by atoms with van der Waals surface area (Å²) in [7, 11) is 0. The Morgan fingerprint density at radius 2 is 1.76 bits per heavy atom. The number of hydrogen-bond donors (Lipinski definition) is 1. The molecule has 90 valence electrons. The Hall–Kier alpha value is -0.160. The molecule has 1 N–H and O–H groups in total. The van der Waals surface area contributed by atoms with Crippen LogP contribution in [-0.2, 0) is 0 Å². The number of rotatable bonds is 2. The summed E-state index contributed by atoms with van der Waals surface area (Å²) < 4.78 is 2.00. The van der Waals surface area contributed by atoms with E-state index in [-0.39, 0.29) is 0 Å². The van der Waals surface area contributed by atoms with Crippen LogP contribution in [0.2, 0.25) is 0 Å². The van der Waals surface area contributed by atoms with Crippen LogP contribution in [0.5, 0.6) is 0 Å². The molecule has 1 heterocycles. The van der Waals surface area contributed by atoms with Gasteiger partial charge >= 0.3 is 0 Å². The maximum absolute atomic E-state index is 10.5. The van der Waals surface area contributed by atoms with E-state index in [1.165, 1.54) is 0 Å². The molecule has 1 aromatic carbocycles. The molecular formula is C13H12Br2OS. The third-order valence-corrected chi connectivity index (χ3v) is 6.06. The molecule has 0 aliphatic rings. The van der Waals surface area contributed by atoms with Gasteiger partial charge in [-0.25, -0.2) is 0 Å². The van der Waals surface area contributed by atoms with Crippen LogP contribution in [0.4, 0.5) is 0 Å². The molecule has 0 bridgehead atoms. The van der Waals surface area contributed by atoms with Crippen molar-refractivity contribution >= 4 is 43.2 Å². The van der Waals surface area contributed by atoms with Crippen LogP contribution in [0.15, 0.2) is 32.5 Å². The van der Waals surface area contributed by atoms with Crippen molar-refractivity contribution in [1.82, 2.24) is 0 Å². The zero-order valence-corrected chi connectivity index (χ0v) is 13.5. The number of benzene rings is 1. The van der Waals surface area contributed by atoms with E-state index < -0.39 is 6.10 Å². The zero-order chi connectivity index (χ0) is 12.6. The van der Waals surface area contributed by atoms with Gasteiger partial charge in [0.15, 0.2) is 0 Å². The predicted octanol–water partition coefficient (Wildman–Crippen LogP) is 4.97. The molecule has 2 aromatic rings. The van der Waals surface area contributed by atoms with Crippen molar-refractivity contribution in [3.8, 4) is 0 Å². The summed E-state index contributed by atoms with van der Waals surface area (Å²) in [5.74, 6) is 0. The summed E-state index contributed by atoms with van der Waals surface area (Å²) in [5, 5.41) is 10.5. The predicted molar refractivity (Wildman–Crippen MR) is 79.7 cm³/mol. The minimum Gasteiger partial charge on any atom is -0.383 e. The van der Waals surface area contributed by atoms with Crippen LogP contribution in [0.1, 0.15) is 27.7 Å². The average molecular weight is 376 g/mol. The Morgan fingerprint density at radius 1 is 1.18 bits per heavy atom. The van der Waals surface area contributed by atoms with Crippen molar-refractivity contribution in [2.24, 2.45) is 0 Å². The monoisotopic (exact) mass is 374 g/mol. The molecule has 1 atom stereocenters. The highest BCUT2D eigenvalue weighted by Gasteiger charge is 2.18. The summed E-state index contributed by atoms with van der Waals surface area (Å²) in [6.45, 7) is 4.06. The molecule has 17 heavy (non-hydrogen) atoms. The highest BCUT2D eigenvalue weighted by molar-refractivity contribution is 9.13. The first-order valence-corrected chi connectivity index (χ1v) is 7.60. The quantitative estimate of drug-likeness (QED) is 0.785. The SMILES string of the molecule is Cc1cccc(C)c1C(O)c1cc(Br)c(Br)s1. The molecule has 0 saturated carbocycles. The Morgan fingerprint density at radius 3 is 2.24 bits per heavy atom. The summed E-state index contributed by atoms with van der Waals surface area (Å²) in [6.07, 6.45) is -0.552. The molecule has 0 saturated heterocycles. The van der Waals surface area contributed by atoms with Gasteiger partial charge in [-0.15, -0.1) is 11.3 Å². The Labute approximate surface area is 122 Å². The van der Waals surface area contributed by atoms with Gasteiger partial charge in [0.25, 0.3) is 0 Å². The summed E-state index contributed by atoms with van der Waals surface area (Å²) in [4.78, 5) is 0.946. The van der Waals surface area contributed by atoms with Crippen LogP contribution >= 0.6 is 43.2 Å². The van der Waals surface area contributed by atoms with Crippen LogP contribution in [-0.4, -0.2) is 5.11 Å². The van der Waals surface area contributed by atoms with E-state index in [0.29, 0.717) is 0 Å². The second-order valence-corrected chi connectivity index (χ2v) is 7.23. The molecular weight excluding hydrogens is 364 g/mol. The maximum atomic E-state index is 10.5. The van der Waals surface area contributed by atoms with E-state index in [2.05, 4.69) is 31.9 Å². The van der Waals surface area contributed by atoms with Gasteiger partial charge in [0, 0.05) is 9.35 Å². The molecule has 1 nitrogen and oxygen atoms in total. The molecule has 0 radical (unpaired) electrons. The van der Waals surface area contributed by atoms with Gasteiger partial charge < -0.3 is 5.11 Å². The third-order valence-electron chi connectivity index (χ3n) is 2.75. The molecule has 1 unspecified atom stereocenters. The first kappa shape index (κ1) is 13.3. The molecule has 0 aliphatic carbocycles. The molecule has 0 fully saturated rings. The van der Waals surface area contributed by atoms with Gasteiger partial charge in [0.1, 0.15) is 6.10 Å². The van der Waals surface area contributed by atoms with Crippen molar-refractivity contribution in [3.63, 3.8) is 0 Å². The highest BCUT2D eigenvalue weighted by atomic mass is 79.9. The number of aryl methyl sites for hydroxylation is 2. The van der Waals surface area contributed by atoms with E-state index in [1.807, 2.05) is 38.1 Å². The third kappa shape index (κ3) is 2.65. The Balaban J connectivity index is 2.47. The van der Waals surface area contributed by atoms with Gasteiger partial charge in [-0.1, -0.05) is 18.2 Å². The lowest BCUT2D eigenvalue weighted by Gasteiger charge is -2.15. The van der Waals surface area contributed by atoms with E-state index >= 15 is 0 Å². The van der Waals surface area contributed by atoms with Gasteiger partial charge in [-0.2, -0.15) is 0 Å². The van der Waals surface area contributed by atoms with Crippen molar-refractivity contribution < 1.29 is 5.11 Å².